The topological polar surface area (TPSA) is 153 Å². The minimum absolute atomic E-state index is 0.117. The van der Waals surface area contributed by atoms with Crippen LogP contribution >= 0.6 is 11.3 Å². The van der Waals surface area contributed by atoms with Crippen molar-refractivity contribution in [3.05, 3.63) is 82.9 Å². The number of pyridine rings is 1. The Hall–Kier alpha value is -4.68. The molecule has 41 heavy (non-hydrogen) atoms. The molecule has 0 unspecified atom stereocenters. The number of ketones is 1. The zero-order valence-electron chi connectivity index (χ0n) is 22.0. The van der Waals surface area contributed by atoms with Crippen molar-refractivity contribution in [2.45, 2.75) is 32.5 Å². The first kappa shape index (κ1) is 26.5. The molecular formula is C29H25N4O7S+. The van der Waals surface area contributed by atoms with Crippen LogP contribution in [0.3, 0.4) is 0 Å². The molecule has 0 saturated carbocycles. The van der Waals surface area contributed by atoms with E-state index in [2.05, 4.69) is 4.98 Å². The molecule has 4 aromatic rings. The van der Waals surface area contributed by atoms with E-state index >= 15 is 0 Å². The number of imidazole rings is 1. The second-order valence-electron chi connectivity index (χ2n) is 10.2. The van der Waals surface area contributed by atoms with Gasteiger partial charge >= 0.3 is 11.9 Å². The van der Waals surface area contributed by atoms with E-state index in [1.807, 2.05) is 37.3 Å². The Kier molecular flexibility index (Phi) is 6.31. The maximum atomic E-state index is 13.8. The molecule has 2 aliphatic heterocycles. The Bertz CT molecular complexity index is 1790. The van der Waals surface area contributed by atoms with Crippen molar-refractivity contribution >= 4 is 45.4 Å². The molecule has 1 aromatic carbocycles. The number of rotatable bonds is 8. The summed E-state index contributed by atoms with van der Waals surface area (Å²) in [7, 11) is 0. The molecule has 3 aromatic heterocycles. The Morgan fingerprint density at radius 2 is 1.85 bits per heavy atom. The number of aliphatic hydroxyl groups excluding tert-OH is 1. The van der Waals surface area contributed by atoms with Crippen LogP contribution < -0.4 is 4.57 Å². The van der Waals surface area contributed by atoms with Crippen LogP contribution in [0.5, 0.6) is 0 Å². The van der Waals surface area contributed by atoms with Gasteiger partial charge in [-0.3, -0.25) is 14.0 Å². The van der Waals surface area contributed by atoms with E-state index in [1.165, 1.54) is 33.9 Å². The SMILES string of the molecule is C[C@@H](O)[C@H]1C(=O)N2C(C(=O)O)=C(c3cn4c(-c5ccccc5)nc(C(=O)c5ccc[n+](CC(=O)O)c5)c4s3)[C@H](C)[C@H]12. The van der Waals surface area contributed by atoms with Crippen molar-refractivity contribution in [3.63, 3.8) is 0 Å². The van der Waals surface area contributed by atoms with Gasteiger partial charge in [-0.05, 0) is 13.0 Å². The summed E-state index contributed by atoms with van der Waals surface area (Å²) in [4.78, 5) is 57.3. The van der Waals surface area contributed by atoms with Crippen LogP contribution in [0.4, 0.5) is 0 Å². The highest BCUT2D eigenvalue weighted by atomic mass is 32.1. The van der Waals surface area contributed by atoms with Gasteiger partial charge in [-0.25, -0.2) is 14.6 Å². The highest BCUT2D eigenvalue weighted by Crippen LogP contribution is 2.51. The number of thiazole rings is 1. The number of carboxylic acids is 2. The third kappa shape index (κ3) is 4.14. The summed E-state index contributed by atoms with van der Waals surface area (Å²) in [6.07, 6.45) is 3.82. The lowest BCUT2D eigenvalue weighted by Gasteiger charge is -2.46. The number of aliphatic carboxylic acids is 2. The van der Waals surface area contributed by atoms with Crippen LogP contribution in [0, 0.1) is 11.8 Å². The Morgan fingerprint density at radius 3 is 2.51 bits per heavy atom. The number of fused-ring (bicyclic) bond motifs is 2. The van der Waals surface area contributed by atoms with Crippen molar-refractivity contribution in [1.82, 2.24) is 14.3 Å². The molecule has 0 bridgehead atoms. The maximum Gasteiger partial charge on any atom is 0.370 e. The fourth-order valence-electron chi connectivity index (χ4n) is 5.89. The number of aliphatic hydroxyl groups is 1. The van der Waals surface area contributed by atoms with Gasteiger partial charge in [0.2, 0.25) is 18.2 Å². The maximum absolute atomic E-state index is 13.8. The van der Waals surface area contributed by atoms with E-state index in [9.17, 15) is 34.5 Å². The zero-order chi connectivity index (χ0) is 29.2. The summed E-state index contributed by atoms with van der Waals surface area (Å²) in [5.41, 5.74) is 1.47. The highest BCUT2D eigenvalue weighted by molar-refractivity contribution is 7.18. The number of carbonyl (C=O) groups is 4. The smallest absolute Gasteiger partial charge is 0.370 e. The van der Waals surface area contributed by atoms with Crippen LogP contribution in [0.25, 0.3) is 21.8 Å². The summed E-state index contributed by atoms with van der Waals surface area (Å²) < 4.78 is 3.14. The van der Waals surface area contributed by atoms with Crippen molar-refractivity contribution < 1.29 is 39.1 Å². The van der Waals surface area contributed by atoms with E-state index in [4.69, 9.17) is 0 Å². The summed E-state index contributed by atoms with van der Waals surface area (Å²) in [5.74, 6) is -3.73. The molecule has 3 N–H and O–H groups in total. The van der Waals surface area contributed by atoms with Crippen molar-refractivity contribution in [3.8, 4) is 11.4 Å². The average Bonchev–Trinajstić information content (AvgIpc) is 3.57. The van der Waals surface area contributed by atoms with Crippen LogP contribution in [-0.4, -0.2) is 65.4 Å². The number of benzene rings is 1. The van der Waals surface area contributed by atoms with Gasteiger partial charge in [0, 0.05) is 29.3 Å². The molecular weight excluding hydrogens is 548 g/mol. The van der Waals surface area contributed by atoms with E-state index in [1.54, 1.807) is 28.9 Å². The summed E-state index contributed by atoms with van der Waals surface area (Å²) in [5, 5.41) is 29.5. The van der Waals surface area contributed by atoms with Gasteiger partial charge in [-0.15, -0.1) is 11.3 Å². The Morgan fingerprint density at radius 1 is 1.12 bits per heavy atom. The first-order chi connectivity index (χ1) is 19.6. The molecule has 1 saturated heterocycles. The fourth-order valence-corrected chi connectivity index (χ4v) is 7.12. The van der Waals surface area contributed by atoms with E-state index in [0.29, 0.717) is 21.1 Å². The molecule has 208 valence electrons. The largest absolute Gasteiger partial charge is 0.477 e. The fraction of sp³-hybridized carbons (Fsp3) is 0.241. The Labute approximate surface area is 237 Å². The van der Waals surface area contributed by atoms with Gasteiger partial charge in [0.25, 0.3) is 0 Å². The number of carbonyl (C=O) groups excluding carboxylic acids is 2. The van der Waals surface area contributed by atoms with Gasteiger partial charge in [-0.1, -0.05) is 37.3 Å². The van der Waals surface area contributed by atoms with E-state index in [-0.39, 0.29) is 29.4 Å². The second kappa shape index (κ2) is 9.75. The van der Waals surface area contributed by atoms with Crippen LogP contribution in [-0.2, 0) is 20.9 Å². The molecule has 6 rings (SSSR count). The van der Waals surface area contributed by atoms with E-state index in [0.717, 1.165) is 5.56 Å². The standard InChI is InChI=1S/C29H24N4O7S/c1-14-20(24(29(39)40)33-23(14)21(15(2)34)27(33)38)18-12-32-26(16-7-4-3-5-8-16)30-22(28(32)41-18)25(37)17-9-6-10-31(11-17)13-19(35)36/h3-12,14-15,21,23,34H,13H2,1-2H3,(H-,35,36,39,40)/p+1/t14-,15+,21+,23+/m0/s1. The van der Waals surface area contributed by atoms with Gasteiger partial charge in [0.1, 0.15) is 22.0 Å². The van der Waals surface area contributed by atoms with Crippen LogP contribution in [0.1, 0.15) is 34.8 Å². The molecule has 4 atom stereocenters. The van der Waals surface area contributed by atoms with Gasteiger partial charge in [0.05, 0.1) is 28.5 Å². The molecule has 0 aliphatic carbocycles. The molecule has 5 heterocycles. The summed E-state index contributed by atoms with van der Waals surface area (Å²) in [6.45, 7) is 3.05. The number of carboxylic acid groups (broad SMARTS) is 2. The molecule has 12 heteroatoms. The lowest BCUT2D eigenvalue weighted by molar-refractivity contribution is -0.685. The van der Waals surface area contributed by atoms with Crippen LogP contribution in [0.15, 0.2) is 66.8 Å². The molecule has 0 radical (unpaired) electrons. The molecule has 0 spiro atoms. The first-order valence-corrected chi connectivity index (χ1v) is 13.7. The number of amides is 1. The number of β-lactam (4-membered cyclic amide) rings is 1. The highest BCUT2D eigenvalue weighted by Gasteiger charge is 2.60. The lowest BCUT2D eigenvalue weighted by Crippen LogP contribution is -2.63. The van der Waals surface area contributed by atoms with Gasteiger partial charge in [-0.2, -0.15) is 4.57 Å². The lowest BCUT2D eigenvalue weighted by atomic mass is 9.77. The van der Waals surface area contributed by atoms with Crippen molar-refractivity contribution in [1.29, 1.82) is 0 Å². The minimum Gasteiger partial charge on any atom is -0.477 e. The molecule has 2 aliphatic rings. The quantitative estimate of drug-likeness (QED) is 0.165. The van der Waals surface area contributed by atoms with E-state index < -0.39 is 41.7 Å². The van der Waals surface area contributed by atoms with Gasteiger partial charge < -0.3 is 20.2 Å². The monoisotopic (exact) mass is 573 g/mol. The molecule has 1 fully saturated rings. The summed E-state index contributed by atoms with van der Waals surface area (Å²) in [6, 6.07) is 11.9. The number of nitrogens with zero attached hydrogens (tertiary/aromatic N) is 4. The number of hydrogen-bond acceptors (Lipinski definition) is 7. The Balaban J connectivity index is 1.52. The first-order valence-electron chi connectivity index (χ1n) is 12.9. The summed E-state index contributed by atoms with van der Waals surface area (Å²) >= 11 is 1.20. The average molecular weight is 574 g/mol. The molecule has 1 amide bonds. The third-order valence-corrected chi connectivity index (χ3v) is 8.77. The van der Waals surface area contributed by atoms with Crippen LogP contribution in [0.2, 0.25) is 0 Å². The van der Waals surface area contributed by atoms with Gasteiger partial charge in [0.15, 0.2) is 12.4 Å². The number of hydrogen-bond donors (Lipinski definition) is 3. The third-order valence-electron chi connectivity index (χ3n) is 7.65. The number of aromatic nitrogens is 3. The molecule has 11 nitrogen and oxygen atoms in total. The minimum atomic E-state index is -1.24. The predicted molar refractivity (Wildman–Crippen MR) is 146 cm³/mol. The van der Waals surface area contributed by atoms with Crippen molar-refractivity contribution in [2.24, 2.45) is 11.8 Å². The normalized spacial score (nSPS) is 20.7. The predicted octanol–water partition coefficient (Wildman–Crippen LogP) is 2.32. The second-order valence-corrected chi connectivity index (χ2v) is 11.3. The van der Waals surface area contributed by atoms with Crippen molar-refractivity contribution in [2.75, 3.05) is 0 Å². The zero-order valence-corrected chi connectivity index (χ0v) is 22.8.